The highest BCUT2D eigenvalue weighted by molar-refractivity contribution is 7.80. The van der Waals surface area contributed by atoms with E-state index in [9.17, 15) is 4.79 Å². The number of oxazole rings is 1. The molecule has 160 valence electrons. The summed E-state index contributed by atoms with van der Waals surface area (Å²) in [6.07, 6.45) is 4.59. The molecule has 1 amide bonds. The normalized spacial score (nSPS) is 11.1. The van der Waals surface area contributed by atoms with Crippen molar-refractivity contribution in [3.8, 4) is 11.5 Å². The lowest BCUT2D eigenvalue weighted by molar-refractivity contribution is -0.115. The van der Waals surface area contributed by atoms with Gasteiger partial charge in [0.2, 0.25) is 11.8 Å². The van der Waals surface area contributed by atoms with E-state index in [-0.39, 0.29) is 5.11 Å². The number of aryl methyl sites for hydroxylation is 1. The maximum Gasteiger partial charge on any atom is 0.250 e. The Morgan fingerprint density at radius 1 is 1.16 bits per heavy atom. The third-order valence-electron chi connectivity index (χ3n) is 4.51. The molecule has 9 heteroatoms. The fourth-order valence-corrected chi connectivity index (χ4v) is 3.57. The Morgan fingerprint density at radius 3 is 2.78 bits per heavy atom. The lowest BCUT2D eigenvalue weighted by atomic mass is 10.1. The molecule has 32 heavy (non-hydrogen) atoms. The van der Waals surface area contributed by atoms with Crippen molar-refractivity contribution in [2.75, 3.05) is 5.32 Å². The van der Waals surface area contributed by atoms with Crippen molar-refractivity contribution in [3.05, 3.63) is 82.0 Å². The van der Waals surface area contributed by atoms with Crippen LogP contribution in [0.5, 0.6) is 0 Å². The smallest absolute Gasteiger partial charge is 0.250 e. The fraction of sp³-hybridized carbons (Fsp3) is 0.0435. The number of hydrogen-bond acceptors (Lipinski definition) is 5. The molecule has 0 atom stereocenters. The van der Waals surface area contributed by atoms with Gasteiger partial charge >= 0.3 is 0 Å². The summed E-state index contributed by atoms with van der Waals surface area (Å²) in [5.74, 6) is 0.0480. The average molecular weight is 483 g/mol. The first-order valence-electron chi connectivity index (χ1n) is 9.47. The summed E-state index contributed by atoms with van der Waals surface area (Å²) in [4.78, 5) is 20.8. The van der Waals surface area contributed by atoms with Gasteiger partial charge in [-0.1, -0.05) is 35.3 Å². The van der Waals surface area contributed by atoms with Crippen LogP contribution in [0.3, 0.4) is 0 Å². The number of thiocarbonyl (C=S) groups is 1. The molecule has 0 saturated carbocycles. The Labute approximate surface area is 199 Å². The third kappa shape index (κ3) is 5.13. The van der Waals surface area contributed by atoms with E-state index in [2.05, 4.69) is 20.6 Å². The molecule has 2 aromatic heterocycles. The molecule has 4 rings (SSSR count). The van der Waals surface area contributed by atoms with E-state index in [1.807, 2.05) is 31.2 Å². The number of pyridine rings is 1. The van der Waals surface area contributed by atoms with Gasteiger partial charge < -0.3 is 9.73 Å². The standard InChI is InChI=1S/C23H16Cl2N4O2S/c1-13-4-5-15(22-29-21-19(31-22)3-2-10-26-21)11-18(13)27-23(32)28-20(30)9-7-14-6-8-16(24)12-17(14)25/h2-12H,1H3,(H2,27,28,30,32). The molecule has 2 N–H and O–H groups in total. The lowest BCUT2D eigenvalue weighted by Gasteiger charge is -2.11. The number of benzene rings is 2. The van der Waals surface area contributed by atoms with Crippen LogP contribution in [0.15, 0.2) is 65.2 Å². The number of fused-ring (bicyclic) bond motifs is 1. The molecule has 0 aliphatic carbocycles. The van der Waals surface area contributed by atoms with E-state index < -0.39 is 5.91 Å². The first-order valence-corrected chi connectivity index (χ1v) is 10.6. The molecule has 0 radical (unpaired) electrons. The summed E-state index contributed by atoms with van der Waals surface area (Å²) in [6.45, 7) is 1.92. The van der Waals surface area contributed by atoms with Gasteiger partial charge in [-0.05, 0) is 72.7 Å². The van der Waals surface area contributed by atoms with Crippen molar-refractivity contribution in [1.29, 1.82) is 0 Å². The van der Waals surface area contributed by atoms with Crippen LogP contribution < -0.4 is 10.6 Å². The number of anilines is 1. The molecule has 0 spiro atoms. The number of carbonyl (C=O) groups is 1. The molecule has 0 aliphatic heterocycles. The fourth-order valence-electron chi connectivity index (χ4n) is 2.89. The van der Waals surface area contributed by atoms with Gasteiger partial charge in [-0.15, -0.1) is 0 Å². The van der Waals surface area contributed by atoms with Crippen molar-refractivity contribution in [3.63, 3.8) is 0 Å². The maximum atomic E-state index is 12.2. The Bertz CT molecular complexity index is 1330. The number of nitrogens with zero attached hydrogens (tertiary/aromatic N) is 2. The van der Waals surface area contributed by atoms with E-state index in [1.54, 1.807) is 36.5 Å². The van der Waals surface area contributed by atoms with E-state index >= 15 is 0 Å². The van der Waals surface area contributed by atoms with E-state index in [1.165, 1.54) is 6.08 Å². The molecule has 0 fully saturated rings. The van der Waals surface area contributed by atoms with Crippen LogP contribution in [-0.2, 0) is 4.79 Å². The first-order chi connectivity index (χ1) is 15.4. The van der Waals surface area contributed by atoms with Crippen molar-refractivity contribution in [1.82, 2.24) is 15.3 Å². The average Bonchev–Trinajstić information content (AvgIpc) is 3.19. The SMILES string of the molecule is Cc1ccc(-c2nc3ncccc3o2)cc1NC(=S)NC(=O)C=Cc1ccc(Cl)cc1Cl. The quantitative estimate of drug-likeness (QED) is 0.273. The number of rotatable bonds is 4. The first kappa shape index (κ1) is 22.0. The number of nitrogens with one attached hydrogen (secondary N) is 2. The Balaban J connectivity index is 1.45. The van der Waals surface area contributed by atoms with Crippen molar-refractivity contribution < 1.29 is 9.21 Å². The zero-order chi connectivity index (χ0) is 22.7. The Morgan fingerprint density at radius 2 is 2.00 bits per heavy atom. The third-order valence-corrected chi connectivity index (χ3v) is 5.28. The van der Waals surface area contributed by atoms with E-state index in [4.69, 9.17) is 39.8 Å². The zero-order valence-corrected chi connectivity index (χ0v) is 19.1. The van der Waals surface area contributed by atoms with Crippen molar-refractivity contribution >= 4 is 69.4 Å². The number of hydrogen-bond donors (Lipinski definition) is 2. The Kier molecular flexibility index (Phi) is 6.50. The van der Waals surface area contributed by atoms with Crippen molar-refractivity contribution in [2.24, 2.45) is 0 Å². The minimum Gasteiger partial charge on any atom is -0.434 e. The minimum atomic E-state index is -0.396. The summed E-state index contributed by atoms with van der Waals surface area (Å²) in [5.41, 5.74) is 4.21. The van der Waals surface area contributed by atoms with Gasteiger partial charge in [-0.3, -0.25) is 10.1 Å². The largest absolute Gasteiger partial charge is 0.434 e. The maximum absolute atomic E-state index is 12.2. The molecular formula is C23H16Cl2N4O2S. The second-order valence-electron chi connectivity index (χ2n) is 6.82. The number of halogens is 2. The van der Waals surface area contributed by atoms with E-state index in [0.29, 0.717) is 38.4 Å². The van der Waals surface area contributed by atoms with E-state index in [0.717, 1.165) is 11.1 Å². The number of amides is 1. The summed E-state index contributed by atoms with van der Waals surface area (Å²) < 4.78 is 5.78. The van der Waals surface area contributed by atoms with Crippen LogP contribution in [0.2, 0.25) is 10.0 Å². The van der Waals surface area contributed by atoms with Gasteiger partial charge in [0.15, 0.2) is 16.3 Å². The van der Waals surface area contributed by atoms with Crippen LogP contribution in [0.4, 0.5) is 5.69 Å². The highest BCUT2D eigenvalue weighted by Crippen LogP contribution is 2.27. The second kappa shape index (κ2) is 9.48. The highest BCUT2D eigenvalue weighted by Gasteiger charge is 2.11. The molecule has 0 aliphatic rings. The van der Waals surface area contributed by atoms with Gasteiger partial charge in [-0.25, -0.2) is 4.98 Å². The van der Waals surface area contributed by atoms with Crippen LogP contribution in [0, 0.1) is 6.92 Å². The number of aromatic nitrogens is 2. The second-order valence-corrected chi connectivity index (χ2v) is 8.07. The van der Waals surface area contributed by atoms with Gasteiger partial charge in [0.25, 0.3) is 0 Å². The predicted octanol–water partition coefficient (Wildman–Crippen LogP) is 6.03. The van der Waals surface area contributed by atoms with Crippen LogP contribution in [-0.4, -0.2) is 21.0 Å². The van der Waals surface area contributed by atoms with Gasteiger partial charge in [-0.2, -0.15) is 4.98 Å². The number of carbonyl (C=O) groups excluding carboxylic acids is 1. The van der Waals surface area contributed by atoms with Crippen LogP contribution in [0.1, 0.15) is 11.1 Å². The summed E-state index contributed by atoms with van der Waals surface area (Å²) >= 11 is 17.3. The molecule has 4 aromatic rings. The predicted molar refractivity (Wildman–Crippen MR) is 132 cm³/mol. The summed E-state index contributed by atoms with van der Waals surface area (Å²) in [6, 6.07) is 14.3. The molecule has 6 nitrogen and oxygen atoms in total. The van der Waals surface area contributed by atoms with Gasteiger partial charge in [0, 0.05) is 33.6 Å². The summed E-state index contributed by atoms with van der Waals surface area (Å²) in [5, 5.41) is 6.78. The van der Waals surface area contributed by atoms with Crippen molar-refractivity contribution in [2.45, 2.75) is 6.92 Å². The highest BCUT2D eigenvalue weighted by atomic mass is 35.5. The lowest BCUT2D eigenvalue weighted by Crippen LogP contribution is -2.33. The molecule has 0 bridgehead atoms. The molecule has 2 aromatic carbocycles. The van der Waals surface area contributed by atoms with Crippen LogP contribution in [0.25, 0.3) is 28.8 Å². The monoisotopic (exact) mass is 482 g/mol. The topological polar surface area (TPSA) is 80.1 Å². The summed E-state index contributed by atoms with van der Waals surface area (Å²) in [7, 11) is 0. The van der Waals surface area contributed by atoms with Gasteiger partial charge in [0.05, 0.1) is 0 Å². The molecule has 0 saturated heterocycles. The van der Waals surface area contributed by atoms with Gasteiger partial charge in [0.1, 0.15) is 0 Å². The molecular weight excluding hydrogens is 467 g/mol. The zero-order valence-electron chi connectivity index (χ0n) is 16.7. The molecule has 0 unspecified atom stereocenters. The Hall–Kier alpha value is -3.26. The minimum absolute atomic E-state index is 0.154. The molecule has 2 heterocycles. The van der Waals surface area contributed by atoms with Crippen LogP contribution >= 0.6 is 35.4 Å².